The number of benzene rings is 1. The fourth-order valence-electron chi connectivity index (χ4n) is 3.14. The molecule has 134 valence electrons. The third kappa shape index (κ3) is 4.11. The van der Waals surface area contributed by atoms with Gasteiger partial charge in [-0.15, -0.1) is 11.6 Å². The van der Waals surface area contributed by atoms with Gasteiger partial charge in [0, 0.05) is 0 Å². The lowest BCUT2D eigenvalue weighted by Gasteiger charge is -2.38. The molecule has 24 heavy (non-hydrogen) atoms. The molecule has 0 N–H and O–H groups in total. The maximum Gasteiger partial charge on any atom is 0.245 e. The predicted molar refractivity (Wildman–Crippen MR) is 97.8 cm³/mol. The van der Waals surface area contributed by atoms with Gasteiger partial charge in [-0.25, -0.2) is 0 Å². The van der Waals surface area contributed by atoms with Gasteiger partial charge in [-0.05, 0) is 44.2 Å². The molecular weight excluding hydrogens is 326 g/mol. The molecule has 1 saturated heterocycles. The van der Waals surface area contributed by atoms with E-state index < -0.39 is 11.7 Å². The van der Waals surface area contributed by atoms with Crippen LogP contribution in [-0.4, -0.2) is 36.8 Å². The molecule has 1 heterocycles. The number of alkyl halides is 1. The van der Waals surface area contributed by atoms with Gasteiger partial charge in [0.05, 0.1) is 24.9 Å². The van der Waals surface area contributed by atoms with E-state index in [1.165, 1.54) is 0 Å². The first-order valence-corrected chi connectivity index (χ1v) is 9.25. The van der Waals surface area contributed by atoms with Crippen LogP contribution in [0.4, 0.5) is 5.69 Å². The predicted octanol–water partition coefficient (Wildman–Crippen LogP) is 3.92. The summed E-state index contributed by atoms with van der Waals surface area (Å²) in [5, 5.41) is -0.606. The fraction of sp³-hybridized carbons (Fsp3) is 0.632. The van der Waals surface area contributed by atoms with Crippen molar-refractivity contribution in [2.45, 2.75) is 64.7 Å². The molecule has 0 aromatic heterocycles. The van der Waals surface area contributed by atoms with Crippen molar-refractivity contribution in [1.82, 2.24) is 0 Å². The van der Waals surface area contributed by atoms with E-state index in [1.54, 1.807) is 11.8 Å². The van der Waals surface area contributed by atoms with Gasteiger partial charge in [-0.1, -0.05) is 32.0 Å². The first kappa shape index (κ1) is 19.2. The second-order valence-corrected chi connectivity index (χ2v) is 6.81. The average molecular weight is 354 g/mol. The summed E-state index contributed by atoms with van der Waals surface area (Å²) in [6.45, 7) is 9.20. The van der Waals surface area contributed by atoms with Crippen LogP contribution in [0.15, 0.2) is 18.2 Å². The molecule has 2 unspecified atom stereocenters. The van der Waals surface area contributed by atoms with Gasteiger partial charge in [0.25, 0.3) is 0 Å². The van der Waals surface area contributed by atoms with Crippen molar-refractivity contribution >= 4 is 23.2 Å². The molecule has 0 saturated carbocycles. The van der Waals surface area contributed by atoms with Gasteiger partial charge >= 0.3 is 0 Å². The molecule has 2 atom stereocenters. The van der Waals surface area contributed by atoms with Crippen molar-refractivity contribution in [3.8, 4) is 0 Å². The molecule has 0 radical (unpaired) electrons. The summed E-state index contributed by atoms with van der Waals surface area (Å²) in [6.07, 6.45) is 2.16. The monoisotopic (exact) mass is 353 g/mol. The highest BCUT2D eigenvalue weighted by Crippen LogP contribution is 2.31. The lowest BCUT2D eigenvalue weighted by atomic mass is 10.00. The standard InChI is InChI=1S/C19H28ClNO3/c1-5-15-9-7-10-16(6-2)17(15)21(18(22)13(3)20)14(4)19-23-11-8-12-24-19/h7,9-10,13-14,19H,5-6,8,11-12H2,1-4H3. The van der Waals surface area contributed by atoms with Gasteiger partial charge in [-0.3, -0.25) is 4.79 Å². The van der Waals surface area contributed by atoms with Gasteiger partial charge in [-0.2, -0.15) is 0 Å². The van der Waals surface area contributed by atoms with E-state index in [9.17, 15) is 4.79 Å². The Balaban J connectivity index is 2.48. The van der Waals surface area contributed by atoms with Crippen LogP contribution >= 0.6 is 11.6 Å². The molecule has 0 spiro atoms. The van der Waals surface area contributed by atoms with E-state index in [0.29, 0.717) is 13.2 Å². The summed E-state index contributed by atoms with van der Waals surface area (Å²) in [5.41, 5.74) is 3.25. The van der Waals surface area contributed by atoms with Crippen molar-refractivity contribution < 1.29 is 14.3 Å². The minimum atomic E-state index is -0.606. The van der Waals surface area contributed by atoms with Crippen molar-refractivity contribution in [2.75, 3.05) is 18.1 Å². The van der Waals surface area contributed by atoms with Crippen molar-refractivity contribution in [3.63, 3.8) is 0 Å². The maximum absolute atomic E-state index is 12.9. The normalized spacial score (nSPS) is 18.2. The SMILES string of the molecule is CCc1cccc(CC)c1N(C(=O)C(C)Cl)C(C)C1OCCCO1. The molecule has 2 rings (SSSR count). The summed E-state index contributed by atoms with van der Waals surface area (Å²) in [7, 11) is 0. The number of halogens is 1. The van der Waals surface area contributed by atoms with Crippen molar-refractivity contribution in [3.05, 3.63) is 29.3 Å². The topological polar surface area (TPSA) is 38.8 Å². The van der Waals surface area contributed by atoms with Gasteiger partial charge in [0.15, 0.2) is 6.29 Å². The van der Waals surface area contributed by atoms with Crippen LogP contribution < -0.4 is 4.90 Å². The van der Waals surface area contributed by atoms with E-state index in [0.717, 1.165) is 36.1 Å². The van der Waals surface area contributed by atoms with Crippen LogP contribution in [0.25, 0.3) is 0 Å². The van der Waals surface area contributed by atoms with Gasteiger partial charge in [0.1, 0.15) is 5.38 Å². The largest absolute Gasteiger partial charge is 0.350 e. The maximum atomic E-state index is 12.9. The molecule has 1 aliphatic heterocycles. The highest BCUT2D eigenvalue weighted by Gasteiger charge is 2.34. The van der Waals surface area contributed by atoms with E-state index in [1.807, 2.05) is 13.0 Å². The van der Waals surface area contributed by atoms with Crippen LogP contribution in [0, 0.1) is 0 Å². The number of amides is 1. The minimum absolute atomic E-state index is 0.113. The Hall–Kier alpha value is -1.10. The van der Waals surface area contributed by atoms with Crippen LogP contribution in [0.1, 0.15) is 45.2 Å². The van der Waals surface area contributed by atoms with Gasteiger partial charge in [0.2, 0.25) is 5.91 Å². The second-order valence-electron chi connectivity index (χ2n) is 6.16. The molecule has 1 fully saturated rings. The number of aryl methyl sites for hydroxylation is 2. The highest BCUT2D eigenvalue weighted by molar-refractivity contribution is 6.32. The smallest absolute Gasteiger partial charge is 0.245 e. The first-order chi connectivity index (χ1) is 11.5. The molecule has 1 aliphatic rings. The Labute approximate surface area is 150 Å². The molecule has 4 nitrogen and oxygen atoms in total. The Bertz CT molecular complexity index is 533. The zero-order valence-corrected chi connectivity index (χ0v) is 15.8. The molecule has 5 heteroatoms. The van der Waals surface area contributed by atoms with E-state index in [4.69, 9.17) is 21.1 Å². The summed E-state index contributed by atoms with van der Waals surface area (Å²) >= 11 is 6.17. The van der Waals surface area contributed by atoms with Crippen molar-refractivity contribution in [2.24, 2.45) is 0 Å². The number of hydrogen-bond donors (Lipinski definition) is 0. The molecule has 1 aromatic carbocycles. The number of ether oxygens (including phenoxy) is 2. The quantitative estimate of drug-likeness (QED) is 0.727. The fourth-order valence-corrected chi connectivity index (χ4v) is 3.24. The number of anilines is 1. The third-order valence-electron chi connectivity index (χ3n) is 4.44. The summed E-state index contributed by atoms with van der Waals surface area (Å²) in [4.78, 5) is 14.7. The summed E-state index contributed by atoms with van der Waals surface area (Å²) in [5.74, 6) is -0.113. The number of rotatable bonds is 6. The highest BCUT2D eigenvalue weighted by atomic mass is 35.5. The average Bonchev–Trinajstić information content (AvgIpc) is 2.62. The second kappa shape index (κ2) is 8.84. The van der Waals surface area contributed by atoms with E-state index >= 15 is 0 Å². The van der Waals surface area contributed by atoms with E-state index in [-0.39, 0.29) is 11.9 Å². The van der Waals surface area contributed by atoms with Gasteiger partial charge < -0.3 is 14.4 Å². The Morgan fingerprint density at radius 3 is 2.21 bits per heavy atom. The van der Waals surface area contributed by atoms with Crippen LogP contribution in [0.3, 0.4) is 0 Å². The third-order valence-corrected chi connectivity index (χ3v) is 4.62. The number of nitrogens with zero attached hydrogens (tertiary/aromatic N) is 1. The van der Waals surface area contributed by atoms with Crippen LogP contribution in [0.2, 0.25) is 0 Å². The Kier molecular flexibility index (Phi) is 7.08. The lowest BCUT2D eigenvalue weighted by Crippen LogP contribution is -2.51. The molecule has 0 bridgehead atoms. The number of hydrogen-bond acceptors (Lipinski definition) is 3. The summed E-state index contributed by atoms with van der Waals surface area (Å²) in [6, 6.07) is 5.95. The Morgan fingerprint density at radius 2 is 1.75 bits per heavy atom. The zero-order valence-electron chi connectivity index (χ0n) is 15.0. The Morgan fingerprint density at radius 1 is 1.21 bits per heavy atom. The number of carbonyl (C=O) groups excluding carboxylic acids is 1. The first-order valence-electron chi connectivity index (χ1n) is 8.82. The van der Waals surface area contributed by atoms with Crippen molar-refractivity contribution in [1.29, 1.82) is 0 Å². The number of carbonyl (C=O) groups is 1. The zero-order chi connectivity index (χ0) is 17.7. The molecule has 1 amide bonds. The molecule has 1 aromatic rings. The minimum Gasteiger partial charge on any atom is -0.350 e. The van der Waals surface area contributed by atoms with E-state index in [2.05, 4.69) is 26.0 Å². The summed E-state index contributed by atoms with van der Waals surface area (Å²) < 4.78 is 11.5. The molecular formula is C19H28ClNO3. The lowest BCUT2D eigenvalue weighted by molar-refractivity contribution is -0.187. The number of para-hydroxylation sites is 1. The van der Waals surface area contributed by atoms with Crippen LogP contribution in [0.5, 0.6) is 0 Å². The van der Waals surface area contributed by atoms with Crippen LogP contribution in [-0.2, 0) is 27.1 Å². The molecule has 0 aliphatic carbocycles.